The van der Waals surface area contributed by atoms with Gasteiger partial charge in [0.2, 0.25) is 6.41 Å². The lowest BCUT2D eigenvalue weighted by Crippen LogP contribution is -2.02. The molecule has 0 aliphatic carbocycles. The third kappa shape index (κ3) is 6.57. The fraction of sp³-hybridized carbons (Fsp3) is 0.429. The Labute approximate surface area is 64.9 Å². The first-order valence-electron chi connectivity index (χ1n) is 3.24. The molecular weight excluding hydrogens is 146 g/mol. The van der Waals surface area contributed by atoms with Crippen molar-refractivity contribution in [2.24, 2.45) is 0 Å². The van der Waals surface area contributed by atoms with E-state index in [1.807, 2.05) is 0 Å². The molecule has 0 aliphatic rings. The van der Waals surface area contributed by atoms with Gasteiger partial charge in [0.25, 0.3) is 0 Å². The summed E-state index contributed by atoms with van der Waals surface area (Å²) in [5.74, 6) is -0.830. The number of hydrogen-bond acceptors (Lipinski definition) is 2. The average Bonchev–Trinajstić information content (AvgIpc) is 1.97. The number of hydrogen-bond donors (Lipinski definition) is 2. The molecule has 11 heavy (non-hydrogen) atoms. The van der Waals surface area contributed by atoms with Crippen molar-refractivity contribution < 1.29 is 14.7 Å². The maximum Gasteiger partial charge on any atom is 0.303 e. The normalized spacial score (nSPS) is 10.8. The van der Waals surface area contributed by atoms with Crippen LogP contribution in [-0.4, -0.2) is 17.5 Å². The van der Waals surface area contributed by atoms with Crippen LogP contribution in [-0.2, 0) is 9.59 Å². The molecule has 0 fully saturated rings. The van der Waals surface area contributed by atoms with Crippen LogP contribution in [0.1, 0.15) is 19.8 Å². The minimum absolute atomic E-state index is 0.100. The Kier molecular flexibility index (Phi) is 4.81. The number of carbonyl (C=O) groups is 2. The Bertz CT molecular complexity index is 175. The van der Waals surface area contributed by atoms with Gasteiger partial charge in [0.1, 0.15) is 0 Å². The number of carbonyl (C=O) groups excluding carboxylic acids is 1. The molecule has 0 aromatic carbocycles. The van der Waals surface area contributed by atoms with E-state index in [4.69, 9.17) is 5.11 Å². The first-order chi connectivity index (χ1) is 5.16. The van der Waals surface area contributed by atoms with Crippen LogP contribution < -0.4 is 5.32 Å². The lowest BCUT2D eigenvalue weighted by Gasteiger charge is -1.95. The average molecular weight is 157 g/mol. The predicted octanol–water partition coefficient (Wildman–Crippen LogP) is 0.501. The van der Waals surface area contributed by atoms with Crippen LogP contribution in [0.15, 0.2) is 11.8 Å². The SMILES string of the molecule is CC(=CNC=O)CCC(=O)O. The summed E-state index contributed by atoms with van der Waals surface area (Å²) in [7, 11) is 0. The lowest BCUT2D eigenvalue weighted by atomic mass is 10.2. The molecule has 4 heteroatoms. The molecule has 0 aromatic heterocycles. The van der Waals surface area contributed by atoms with Crippen LogP contribution in [0.4, 0.5) is 0 Å². The van der Waals surface area contributed by atoms with E-state index in [0.29, 0.717) is 12.8 Å². The van der Waals surface area contributed by atoms with Gasteiger partial charge in [-0.15, -0.1) is 0 Å². The summed E-state index contributed by atoms with van der Waals surface area (Å²) in [6.45, 7) is 1.76. The summed E-state index contributed by atoms with van der Waals surface area (Å²) in [5.41, 5.74) is 0.847. The van der Waals surface area contributed by atoms with Crippen molar-refractivity contribution in [3.05, 3.63) is 11.8 Å². The van der Waals surface area contributed by atoms with Gasteiger partial charge in [-0.1, -0.05) is 5.57 Å². The Morgan fingerprint density at radius 3 is 2.64 bits per heavy atom. The van der Waals surface area contributed by atoms with Crippen LogP contribution in [0.25, 0.3) is 0 Å². The maximum atomic E-state index is 10.1. The fourth-order valence-electron chi connectivity index (χ4n) is 0.553. The molecule has 0 spiro atoms. The van der Waals surface area contributed by atoms with Crippen LogP contribution in [0.2, 0.25) is 0 Å². The second-order valence-electron chi connectivity index (χ2n) is 2.17. The molecule has 0 radical (unpaired) electrons. The van der Waals surface area contributed by atoms with Crippen molar-refractivity contribution in [3.63, 3.8) is 0 Å². The van der Waals surface area contributed by atoms with Crippen LogP contribution in [0.3, 0.4) is 0 Å². The van der Waals surface area contributed by atoms with Crippen molar-refractivity contribution in [2.45, 2.75) is 19.8 Å². The minimum Gasteiger partial charge on any atom is -0.481 e. The van der Waals surface area contributed by atoms with E-state index in [-0.39, 0.29) is 6.42 Å². The Balaban J connectivity index is 3.58. The van der Waals surface area contributed by atoms with E-state index >= 15 is 0 Å². The molecule has 4 nitrogen and oxygen atoms in total. The van der Waals surface area contributed by atoms with Crippen molar-refractivity contribution >= 4 is 12.4 Å². The van der Waals surface area contributed by atoms with Crippen molar-refractivity contribution in [3.8, 4) is 0 Å². The molecule has 1 amide bonds. The minimum atomic E-state index is -0.830. The Morgan fingerprint density at radius 2 is 2.18 bits per heavy atom. The van der Waals surface area contributed by atoms with Crippen LogP contribution in [0.5, 0.6) is 0 Å². The summed E-state index contributed by atoms with van der Waals surface area (Å²) in [6.07, 6.45) is 2.61. The zero-order chi connectivity index (χ0) is 8.69. The second-order valence-corrected chi connectivity index (χ2v) is 2.17. The topological polar surface area (TPSA) is 66.4 Å². The highest BCUT2D eigenvalue weighted by molar-refractivity contribution is 5.67. The van der Waals surface area contributed by atoms with Crippen LogP contribution >= 0.6 is 0 Å². The highest BCUT2D eigenvalue weighted by atomic mass is 16.4. The van der Waals surface area contributed by atoms with E-state index in [2.05, 4.69) is 5.32 Å². The van der Waals surface area contributed by atoms with Gasteiger partial charge in [-0.2, -0.15) is 0 Å². The van der Waals surface area contributed by atoms with Gasteiger partial charge in [0.05, 0.1) is 0 Å². The molecule has 2 N–H and O–H groups in total. The number of allylic oxidation sites excluding steroid dienone is 1. The molecular formula is C7H11NO3. The van der Waals surface area contributed by atoms with Gasteiger partial charge in [-0.25, -0.2) is 0 Å². The summed E-state index contributed by atoms with van der Waals surface area (Å²) in [4.78, 5) is 19.8. The number of rotatable bonds is 5. The summed E-state index contributed by atoms with van der Waals surface area (Å²) >= 11 is 0. The highest BCUT2D eigenvalue weighted by Crippen LogP contribution is 2.01. The smallest absolute Gasteiger partial charge is 0.303 e. The predicted molar refractivity (Wildman–Crippen MR) is 39.8 cm³/mol. The Hall–Kier alpha value is -1.32. The van der Waals surface area contributed by atoms with E-state index in [9.17, 15) is 9.59 Å². The van der Waals surface area contributed by atoms with Gasteiger partial charge in [0, 0.05) is 12.6 Å². The molecule has 0 bridgehead atoms. The third-order valence-corrected chi connectivity index (χ3v) is 1.13. The fourth-order valence-corrected chi connectivity index (χ4v) is 0.553. The van der Waals surface area contributed by atoms with E-state index in [1.54, 1.807) is 6.92 Å². The molecule has 0 atom stereocenters. The van der Waals surface area contributed by atoms with Crippen LogP contribution in [0, 0.1) is 0 Å². The molecule has 0 saturated carbocycles. The summed E-state index contributed by atoms with van der Waals surface area (Å²) in [6, 6.07) is 0. The van der Waals surface area contributed by atoms with Gasteiger partial charge in [-0.3, -0.25) is 9.59 Å². The molecule has 0 rings (SSSR count). The quantitative estimate of drug-likeness (QED) is 0.571. The number of nitrogens with one attached hydrogen (secondary N) is 1. The van der Waals surface area contributed by atoms with E-state index in [0.717, 1.165) is 5.57 Å². The second kappa shape index (κ2) is 5.46. The Morgan fingerprint density at radius 1 is 1.55 bits per heavy atom. The van der Waals surface area contributed by atoms with Crippen molar-refractivity contribution in [1.29, 1.82) is 0 Å². The zero-order valence-corrected chi connectivity index (χ0v) is 6.33. The number of aliphatic carboxylic acids is 1. The standard InChI is InChI=1S/C7H11NO3/c1-6(4-8-5-9)2-3-7(10)11/h4-5H,2-3H2,1H3,(H,8,9)(H,10,11). The largest absolute Gasteiger partial charge is 0.481 e. The van der Waals surface area contributed by atoms with Gasteiger partial charge < -0.3 is 10.4 Å². The molecule has 0 unspecified atom stereocenters. The van der Waals surface area contributed by atoms with Crippen molar-refractivity contribution in [1.82, 2.24) is 5.32 Å². The zero-order valence-electron chi connectivity index (χ0n) is 6.33. The number of carboxylic acids is 1. The van der Waals surface area contributed by atoms with E-state index in [1.165, 1.54) is 6.20 Å². The lowest BCUT2D eigenvalue weighted by molar-refractivity contribution is -0.136. The third-order valence-electron chi connectivity index (χ3n) is 1.13. The maximum absolute atomic E-state index is 10.1. The molecule has 0 aromatic rings. The first-order valence-corrected chi connectivity index (χ1v) is 3.24. The molecule has 0 aliphatic heterocycles. The van der Waals surface area contributed by atoms with Gasteiger partial charge in [-0.05, 0) is 13.3 Å². The highest BCUT2D eigenvalue weighted by Gasteiger charge is 1.96. The van der Waals surface area contributed by atoms with Crippen molar-refractivity contribution in [2.75, 3.05) is 0 Å². The summed E-state index contributed by atoms with van der Waals surface area (Å²) in [5, 5.41) is 10.6. The monoisotopic (exact) mass is 157 g/mol. The van der Waals surface area contributed by atoms with Gasteiger partial charge in [0.15, 0.2) is 0 Å². The molecule has 0 saturated heterocycles. The molecule has 0 heterocycles. The molecule has 62 valence electrons. The number of carboxylic acid groups (broad SMARTS) is 1. The first kappa shape index (κ1) is 9.68. The number of amides is 1. The van der Waals surface area contributed by atoms with Gasteiger partial charge >= 0.3 is 5.97 Å². The summed E-state index contributed by atoms with van der Waals surface area (Å²) < 4.78 is 0. The van der Waals surface area contributed by atoms with E-state index < -0.39 is 5.97 Å².